The van der Waals surface area contributed by atoms with Gasteiger partial charge in [-0.1, -0.05) is 17.7 Å². The van der Waals surface area contributed by atoms with Crippen LogP contribution in [0.5, 0.6) is 0 Å². The number of piperazine rings is 1. The minimum absolute atomic E-state index is 0.468. The molecule has 0 aromatic heterocycles. The second-order valence-electron chi connectivity index (χ2n) is 7.51. The van der Waals surface area contributed by atoms with Crippen LogP contribution in [-0.2, 0) is 0 Å². The minimum atomic E-state index is 0.468. The van der Waals surface area contributed by atoms with Gasteiger partial charge in [0.2, 0.25) is 0 Å². The van der Waals surface area contributed by atoms with Crippen molar-refractivity contribution in [3.05, 3.63) is 29.8 Å². The topological polar surface area (TPSA) is 29.3 Å². The molecule has 0 amide bonds. The molecule has 3 nitrogen and oxygen atoms in total. The molecule has 0 spiro atoms. The highest BCUT2D eigenvalue weighted by Gasteiger charge is 2.34. The van der Waals surface area contributed by atoms with Gasteiger partial charge in [-0.05, 0) is 38.3 Å². The molecule has 21 heavy (non-hydrogen) atoms. The summed E-state index contributed by atoms with van der Waals surface area (Å²) in [5.41, 5.74) is 8.79. The molecular formula is C18H30N3+. The van der Waals surface area contributed by atoms with Gasteiger partial charge in [-0.3, -0.25) is 0 Å². The van der Waals surface area contributed by atoms with Gasteiger partial charge in [0.25, 0.3) is 0 Å². The average Bonchev–Trinajstić information content (AvgIpc) is 2.85. The van der Waals surface area contributed by atoms with Crippen LogP contribution in [0.4, 0.5) is 5.69 Å². The van der Waals surface area contributed by atoms with Crippen LogP contribution in [0.25, 0.3) is 0 Å². The molecule has 3 rings (SSSR count). The molecule has 2 N–H and O–H groups in total. The molecule has 116 valence electrons. The van der Waals surface area contributed by atoms with Crippen LogP contribution in [0.3, 0.4) is 0 Å². The van der Waals surface area contributed by atoms with Gasteiger partial charge in [-0.15, -0.1) is 0 Å². The first-order valence-corrected chi connectivity index (χ1v) is 8.45. The molecule has 3 heteroatoms. The fourth-order valence-corrected chi connectivity index (χ4v) is 4.05. The Morgan fingerprint density at radius 1 is 1.14 bits per heavy atom. The zero-order chi connectivity index (χ0) is 14.9. The molecule has 2 atom stereocenters. The van der Waals surface area contributed by atoms with Gasteiger partial charge in [0.1, 0.15) is 0 Å². The predicted octanol–water partition coefficient (Wildman–Crippen LogP) is 2.39. The SMILES string of the molecule is Cc1ccc(N2CC[N+](C)(CC3CCC(N)C3)CC2)cc1. The summed E-state index contributed by atoms with van der Waals surface area (Å²) in [5.74, 6) is 0.857. The molecule has 1 aromatic rings. The van der Waals surface area contributed by atoms with Gasteiger partial charge in [-0.25, -0.2) is 0 Å². The van der Waals surface area contributed by atoms with Gasteiger partial charge in [0.15, 0.2) is 0 Å². The summed E-state index contributed by atoms with van der Waals surface area (Å²) in [6.07, 6.45) is 3.83. The van der Waals surface area contributed by atoms with Crippen LogP contribution in [0.15, 0.2) is 24.3 Å². The highest BCUT2D eigenvalue weighted by molar-refractivity contribution is 5.47. The highest BCUT2D eigenvalue weighted by Crippen LogP contribution is 2.28. The lowest BCUT2D eigenvalue weighted by Gasteiger charge is -2.44. The fraction of sp³-hybridized carbons (Fsp3) is 0.667. The van der Waals surface area contributed by atoms with E-state index in [4.69, 9.17) is 5.73 Å². The van der Waals surface area contributed by atoms with Crippen molar-refractivity contribution in [2.75, 3.05) is 44.7 Å². The first-order chi connectivity index (χ1) is 10.0. The lowest BCUT2D eigenvalue weighted by atomic mass is 10.0. The van der Waals surface area contributed by atoms with Crippen LogP contribution in [-0.4, -0.2) is 50.3 Å². The van der Waals surface area contributed by atoms with Crippen LogP contribution in [0.2, 0.25) is 0 Å². The Morgan fingerprint density at radius 2 is 1.81 bits per heavy atom. The standard InChI is InChI=1S/C18H30N3/c1-15-3-7-18(8-4-15)20-9-11-21(2,12-10-20)14-16-5-6-17(19)13-16/h3-4,7-8,16-17H,5-6,9-14,19H2,1-2H3/q+1. The lowest BCUT2D eigenvalue weighted by molar-refractivity contribution is -0.913. The van der Waals surface area contributed by atoms with Crippen molar-refractivity contribution in [3.8, 4) is 0 Å². The molecule has 0 bridgehead atoms. The molecular weight excluding hydrogens is 258 g/mol. The van der Waals surface area contributed by atoms with E-state index in [9.17, 15) is 0 Å². The van der Waals surface area contributed by atoms with E-state index in [-0.39, 0.29) is 0 Å². The number of hydrogen-bond acceptors (Lipinski definition) is 2. The predicted molar refractivity (Wildman–Crippen MR) is 89.5 cm³/mol. The van der Waals surface area contributed by atoms with E-state index in [1.165, 1.54) is 67.7 Å². The monoisotopic (exact) mass is 288 g/mol. The minimum Gasteiger partial charge on any atom is -0.360 e. The summed E-state index contributed by atoms with van der Waals surface area (Å²) in [4.78, 5) is 2.54. The lowest BCUT2D eigenvalue weighted by Crippen LogP contribution is -2.58. The van der Waals surface area contributed by atoms with Crippen LogP contribution < -0.4 is 10.6 Å². The molecule has 0 radical (unpaired) electrons. The van der Waals surface area contributed by atoms with Gasteiger partial charge in [-0.2, -0.15) is 0 Å². The molecule has 2 fully saturated rings. The first kappa shape index (κ1) is 14.9. The summed E-state index contributed by atoms with van der Waals surface area (Å²) >= 11 is 0. The van der Waals surface area contributed by atoms with E-state index in [1.54, 1.807) is 0 Å². The second kappa shape index (κ2) is 5.98. The highest BCUT2D eigenvalue weighted by atomic mass is 15.4. The van der Waals surface area contributed by atoms with Crippen molar-refractivity contribution in [1.29, 1.82) is 0 Å². The third-order valence-corrected chi connectivity index (χ3v) is 5.50. The maximum absolute atomic E-state index is 6.07. The van der Waals surface area contributed by atoms with E-state index in [2.05, 4.69) is 43.1 Å². The molecule has 1 aromatic carbocycles. The summed E-state index contributed by atoms with van der Waals surface area (Å²) in [6, 6.07) is 9.44. The summed E-state index contributed by atoms with van der Waals surface area (Å²) < 4.78 is 1.24. The summed E-state index contributed by atoms with van der Waals surface area (Å²) in [6.45, 7) is 8.37. The number of nitrogens with zero attached hydrogens (tertiary/aromatic N) is 2. The molecule has 1 aliphatic carbocycles. The van der Waals surface area contributed by atoms with Crippen molar-refractivity contribution >= 4 is 5.69 Å². The van der Waals surface area contributed by atoms with Crippen LogP contribution in [0, 0.1) is 12.8 Å². The number of rotatable bonds is 3. The van der Waals surface area contributed by atoms with Gasteiger partial charge >= 0.3 is 0 Å². The van der Waals surface area contributed by atoms with Gasteiger partial charge < -0.3 is 15.1 Å². The quantitative estimate of drug-likeness (QED) is 0.865. The average molecular weight is 288 g/mol. The van der Waals surface area contributed by atoms with Gasteiger partial charge in [0, 0.05) is 17.6 Å². The number of benzene rings is 1. The Kier molecular flexibility index (Phi) is 4.23. The van der Waals surface area contributed by atoms with E-state index in [0.29, 0.717) is 6.04 Å². The normalized spacial score (nSPS) is 28.8. The zero-order valence-electron chi connectivity index (χ0n) is 13.6. The summed E-state index contributed by atoms with van der Waals surface area (Å²) in [5, 5.41) is 0. The van der Waals surface area contributed by atoms with E-state index in [0.717, 1.165) is 5.92 Å². The number of hydrogen-bond donors (Lipinski definition) is 1. The Labute approximate surface area is 129 Å². The molecule has 1 saturated carbocycles. The number of nitrogens with two attached hydrogens (primary N) is 1. The number of aryl methyl sites for hydroxylation is 1. The molecule has 1 heterocycles. The largest absolute Gasteiger partial charge is 0.360 e. The van der Waals surface area contributed by atoms with E-state index >= 15 is 0 Å². The van der Waals surface area contributed by atoms with Crippen LogP contribution >= 0.6 is 0 Å². The zero-order valence-corrected chi connectivity index (χ0v) is 13.6. The molecule has 1 aliphatic heterocycles. The maximum atomic E-state index is 6.07. The first-order valence-electron chi connectivity index (χ1n) is 8.45. The number of likely N-dealkylation sites (N-methyl/N-ethyl adjacent to an activating group) is 1. The van der Waals surface area contributed by atoms with E-state index < -0.39 is 0 Å². The molecule has 1 saturated heterocycles. The third kappa shape index (κ3) is 3.58. The van der Waals surface area contributed by atoms with Crippen molar-refractivity contribution in [3.63, 3.8) is 0 Å². The van der Waals surface area contributed by atoms with Crippen LogP contribution in [0.1, 0.15) is 24.8 Å². The molecule has 2 unspecified atom stereocenters. The molecule has 2 aliphatic rings. The fourth-order valence-electron chi connectivity index (χ4n) is 4.05. The van der Waals surface area contributed by atoms with Crippen molar-refractivity contribution in [2.45, 2.75) is 32.2 Å². The van der Waals surface area contributed by atoms with Gasteiger partial charge in [0.05, 0.1) is 39.8 Å². The Hall–Kier alpha value is -1.06. The second-order valence-corrected chi connectivity index (χ2v) is 7.51. The van der Waals surface area contributed by atoms with Crippen molar-refractivity contribution < 1.29 is 4.48 Å². The Morgan fingerprint density at radius 3 is 2.38 bits per heavy atom. The Balaban J connectivity index is 1.55. The van der Waals surface area contributed by atoms with E-state index in [1.807, 2.05) is 0 Å². The Bertz CT molecular complexity index is 460. The number of anilines is 1. The third-order valence-electron chi connectivity index (χ3n) is 5.50. The smallest absolute Gasteiger partial charge is 0.0963 e. The van der Waals surface area contributed by atoms with Crippen molar-refractivity contribution in [1.82, 2.24) is 0 Å². The summed E-state index contributed by atoms with van der Waals surface area (Å²) in [7, 11) is 2.44. The van der Waals surface area contributed by atoms with Crippen molar-refractivity contribution in [2.24, 2.45) is 11.7 Å². The number of quaternary nitrogens is 1. The maximum Gasteiger partial charge on any atom is 0.0963 e.